The van der Waals surface area contributed by atoms with Gasteiger partial charge in [-0.2, -0.15) is 5.26 Å². The molecule has 0 bridgehead atoms. The lowest BCUT2D eigenvalue weighted by Crippen LogP contribution is -2.31. The first kappa shape index (κ1) is 20.7. The van der Waals surface area contributed by atoms with Gasteiger partial charge in [0.1, 0.15) is 0 Å². The Hall–Kier alpha value is -3.56. The molecule has 2 amide bonds. The fourth-order valence-corrected chi connectivity index (χ4v) is 4.55. The van der Waals surface area contributed by atoms with Gasteiger partial charge in [-0.05, 0) is 23.9 Å². The number of carbonyl (C=O) groups is 2. The summed E-state index contributed by atoms with van der Waals surface area (Å²) >= 11 is 1.18. The molecule has 0 aromatic heterocycles. The van der Waals surface area contributed by atoms with Gasteiger partial charge in [0.05, 0.1) is 22.4 Å². The lowest BCUT2D eigenvalue weighted by atomic mass is 9.87. The molecule has 5 nitrogen and oxygen atoms in total. The molecule has 4 rings (SSSR count). The summed E-state index contributed by atoms with van der Waals surface area (Å²) in [6.07, 6.45) is 0.220. The molecule has 0 fully saturated rings. The van der Waals surface area contributed by atoms with Gasteiger partial charge >= 0.3 is 0 Å². The SMILES string of the molecule is Cc1ccc([C@H]2CC(=O)NC(SCC(=O)Nc3cccc4ccccc34)=C2C#N)cc1. The molecule has 154 valence electrons. The molecule has 0 aliphatic carbocycles. The first-order valence-electron chi connectivity index (χ1n) is 9.96. The second-order valence-corrected chi connectivity index (χ2v) is 8.42. The van der Waals surface area contributed by atoms with Crippen LogP contribution in [0.3, 0.4) is 0 Å². The fraction of sp³-hybridized carbons (Fsp3) is 0.160. The average Bonchev–Trinajstić information content (AvgIpc) is 2.78. The summed E-state index contributed by atoms with van der Waals surface area (Å²) in [5.74, 6) is -0.563. The van der Waals surface area contributed by atoms with Gasteiger partial charge in [0.2, 0.25) is 11.8 Å². The molecule has 0 radical (unpaired) electrons. The number of amides is 2. The van der Waals surface area contributed by atoms with Crippen molar-refractivity contribution in [3.8, 4) is 6.07 Å². The zero-order valence-electron chi connectivity index (χ0n) is 17.0. The Morgan fingerprint density at radius 1 is 1.13 bits per heavy atom. The number of nitriles is 1. The summed E-state index contributed by atoms with van der Waals surface area (Å²) in [6, 6.07) is 23.7. The molecule has 1 aliphatic heterocycles. The van der Waals surface area contributed by atoms with E-state index in [1.165, 1.54) is 11.8 Å². The molecule has 31 heavy (non-hydrogen) atoms. The normalized spacial score (nSPS) is 16.0. The zero-order valence-corrected chi connectivity index (χ0v) is 17.8. The maximum absolute atomic E-state index is 12.6. The van der Waals surface area contributed by atoms with E-state index in [-0.39, 0.29) is 29.9 Å². The van der Waals surface area contributed by atoms with Gasteiger partial charge in [0.15, 0.2) is 0 Å². The van der Waals surface area contributed by atoms with Crippen LogP contribution in [0.4, 0.5) is 5.69 Å². The van der Waals surface area contributed by atoms with E-state index in [1.807, 2.05) is 73.7 Å². The van der Waals surface area contributed by atoms with Gasteiger partial charge < -0.3 is 10.6 Å². The summed E-state index contributed by atoms with van der Waals surface area (Å²) in [5.41, 5.74) is 3.27. The summed E-state index contributed by atoms with van der Waals surface area (Å²) in [6.45, 7) is 1.99. The topological polar surface area (TPSA) is 82.0 Å². The lowest BCUT2D eigenvalue weighted by Gasteiger charge is -2.25. The van der Waals surface area contributed by atoms with Crippen molar-refractivity contribution in [1.29, 1.82) is 5.26 Å². The average molecular weight is 428 g/mol. The van der Waals surface area contributed by atoms with Crippen LogP contribution in [-0.2, 0) is 9.59 Å². The number of rotatable bonds is 5. The van der Waals surface area contributed by atoms with Gasteiger partial charge in [-0.25, -0.2) is 0 Å². The molecule has 0 spiro atoms. The minimum absolute atomic E-state index is 0.0879. The third-order valence-electron chi connectivity index (χ3n) is 5.25. The molecular formula is C25H21N3O2S. The Morgan fingerprint density at radius 2 is 1.87 bits per heavy atom. The van der Waals surface area contributed by atoms with Crippen LogP contribution in [0.25, 0.3) is 10.8 Å². The van der Waals surface area contributed by atoms with E-state index >= 15 is 0 Å². The van der Waals surface area contributed by atoms with E-state index in [4.69, 9.17) is 0 Å². The number of benzene rings is 3. The van der Waals surface area contributed by atoms with Gasteiger partial charge in [-0.15, -0.1) is 0 Å². The smallest absolute Gasteiger partial charge is 0.234 e. The Bertz CT molecular complexity index is 1220. The van der Waals surface area contributed by atoms with Crippen molar-refractivity contribution in [2.75, 3.05) is 11.1 Å². The van der Waals surface area contributed by atoms with E-state index in [0.717, 1.165) is 27.6 Å². The largest absolute Gasteiger partial charge is 0.325 e. The quantitative estimate of drug-likeness (QED) is 0.609. The second kappa shape index (κ2) is 9.07. The summed E-state index contributed by atoms with van der Waals surface area (Å²) in [4.78, 5) is 24.9. The molecule has 6 heteroatoms. The van der Waals surface area contributed by atoms with E-state index in [1.54, 1.807) is 0 Å². The van der Waals surface area contributed by atoms with E-state index in [0.29, 0.717) is 10.6 Å². The Kier molecular flexibility index (Phi) is 6.06. The Balaban J connectivity index is 1.51. The number of hydrogen-bond acceptors (Lipinski definition) is 4. The Morgan fingerprint density at radius 3 is 2.65 bits per heavy atom. The molecule has 3 aromatic rings. The number of anilines is 1. The van der Waals surface area contributed by atoms with Crippen LogP contribution in [0.2, 0.25) is 0 Å². The second-order valence-electron chi connectivity index (χ2n) is 7.43. The summed E-state index contributed by atoms with van der Waals surface area (Å²) in [7, 11) is 0. The molecule has 1 atom stereocenters. The number of allylic oxidation sites excluding steroid dienone is 1. The number of fused-ring (bicyclic) bond motifs is 1. The van der Waals surface area contributed by atoms with E-state index in [2.05, 4.69) is 16.7 Å². The number of carbonyl (C=O) groups excluding carboxylic acids is 2. The summed E-state index contributed by atoms with van der Waals surface area (Å²) < 4.78 is 0. The van der Waals surface area contributed by atoms with Crippen molar-refractivity contribution in [2.24, 2.45) is 0 Å². The fourth-order valence-electron chi connectivity index (χ4n) is 3.67. The number of nitrogens with one attached hydrogen (secondary N) is 2. The van der Waals surface area contributed by atoms with Gasteiger partial charge in [0.25, 0.3) is 0 Å². The van der Waals surface area contributed by atoms with Crippen LogP contribution >= 0.6 is 11.8 Å². The number of thioether (sulfide) groups is 1. The van der Waals surface area contributed by atoms with Crippen molar-refractivity contribution >= 4 is 40.0 Å². The van der Waals surface area contributed by atoms with Crippen LogP contribution in [0.5, 0.6) is 0 Å². The molecule has 1 heterocycles. The minimum Gasteiger partial charge on any atom is -0.325 e. The predicted octanol–water partition coefficient (Wildman–Crippen LogP) is 4.86. The van der Waals surface area contributed by atoms with E-state index < -0.39 is 0 Å². The van der Waals surface area contributed by atoms with Crippen molar-refractivity contribution in [3.63, 3.8) is 0 Å². The van der Waals surface area contributed by atoms with Crippen LogP contribution in [0.1, 0.15) is 23.5 Å². The zero-order chi connectivity index (χ0) is 21.8. The molecule has 0 saturated heterocycles. The van der Waals surface area contributed by atoms with Crippen molar-refractivity contribution in [3.05, 3.63) is 88.5 Å². The summed E-state index contributed by atoms with van der Waals surface area (Å²) in [5, 5.41) is 18.0. The minimum atomic E-state index is -0.303. The molecule has 3 aromatic carbocycles. The van der Waals surface area contributed by atoms with Crippen molar-refractivity contribution in [1.82, 2.24) is 5.32 Å². The highest BCUT2D eigenvalue weighted by Crippen LogP contribution is 2.36. The monoisotopic (exact) mass is 427 g/mol. The molecule has 2 N–H and O–H groups in total. The van der Waals surface area contributed by atoms with Crippen LogP contribution in [0, 0.1) is 18.3 Å². The third kappa shape index (κ3) is 4.62. The molecular weight excluding hydrogens is 406 g/mol. The first-order valence-corrected chi connectivity index (χ1v) is 10.9. The number of nitrogens with zero attached hydrogens (tertiary/aromatic N) is 1. The first-order chi connectivity index (χ1) is 15.0. The van der Waals surface area contributed by atoms with Crippen molar-refractivity contribution < 1.29 is 9.59 Å². The molecule has 1 aliphatic rings. The van der Waals surface area contributed by atoms with Crippen LogP contribution < -0.4 is 10.6 Å². The van der Waals surface area contributed by atoms with Crippen LogP contribution in [0.15, 0.2) is 77.3 Å². The molecule has 0 unspecified atom stereocenters. The van der Waals surface area contributed by atoms with Gasteiger partial charge in [-0.3, -0.25) is 9.59 Å². The number of aryl methyl sites for hydroxylation is 1. The lowest BCUT2D eigenvalue weighted by molar-refractivity contribution is -0.121. The maximum atomic E-state index is 12.6. The Labute approximate surface area is 185 Å². The number of hydrogen-bond donors (Lipinski definition) is 2. The third-order valence-corrected chi connectivity index (χ3v) is 6.26. The van der Waals surface area contributed by atoms with E-state index in [9.17, 15) is 14.9 Å². The highest BCUT2D eigenvalue weighted by atomic mass is 32.2. The maximum Gasteiger partial charge on any atom is 0.234 e. The van der Waals surface area contributed by atoms with Crippen molar-refractivity contribution in [2.45, 2.75) is 19.3 Å². The highest BCUT2D eigenvalue weighted by molar-refractivity contribution is 8.03. The van der Waals surface area contributed by atoms with Gasteiger partial charge in [-0.1, -0.05) is 78.0 Å². The van der Waals surface area contributed by atoms with Gasteiger partial charge in [0, 0.05) is 23.4 Å². The molecule has 0 saturated carbocycles. The standard InChI is InChI=1S/C25H21N3O2S/c1-16-9-11-18(12-10-16)20-13-23(29)28-25(21(20)14-26)31-15-24(30)27-22-8-4-6-17-5-2-3-7-19(17)22/h2-12,20H,13,15H2,1H3,(H,27,30)(H,28,29)/t20-/m1/s1. The predicted molar refractivity (Wildman–Crippen MR) is 124 cm³/mol. The van der Waals surface area contributed by atoms with Crippen LogP contribution in [-0.4, -0.2) is 17.6 Å². The highest BCUT2D eigenvalue weighted by Gasteiger charge is 2.29.